The molecule has 150 valence electrons. The van der Waals surface area contributed by atoms with Crippen molar-refractivity contribution in [2.24, 2.45) is 11.8 Å². The molecule has 1 aliphatic carbocycles. The maximum atomic E-state index is 12.9. The molecule has 1 aliphatic heterocycles. The number of hydrogen-bond donors (Lipinski definition) is 2. The lowest BCUT2D eigenvalue weighted by Crippen LogP contribution is -2.51. The number of ether oxygens (including phenoxy) is 1. The summed E-state index contributed by atoms with van der Waals surface area (Å²) in [5.41, 5.74) is 0.336. The summed E-state index contributed by atoms with van der Waals surface area (Å²) in [6.07, 6.45) is 4.37. The van der Waals surface area contributed by atoms with Crippen molar-refractivity contribution >= 4 is 17.6 Å². The number of halogens is 1. The first kappa shape index (κ1) is 20.3. The highest BCUT2D eigenvalue weighted by Crippen LogP contribution is 2.45. The second-order valence-corrected chi connectivity index (χ2v) is 8.82. The summed E-state index contributed by atoms with van der Waals surface area (Å²) in [4.78, 5) is 14.7. The first-order valence-corrected chi connectivity index (χ1v) is 10.3. The zero-order valence-corrected chi connectivity index (χ0v) is 17.3. The zero-order chi connectivity index (χ0) is 19.6. The van der Waals surface area contributed by atoms with Crippen LogP contribution in [-0.2, 0) is 0 Å². The molecule has 1 atom stereocenters. The Balaban J connectivity index is 1.69. The second kappa shape index (κ2) is 8.27. The van der Waals surface area contributed by atoms with Gasteiger partial charge in [-0.05, 0) is 62.1 Å². The lowest BCUT2D eigenvalue weighted by molar-refractivity contribution is -0.0309. The van der Waals surface area contributed by atoms with Crippen molar-refractivity contribution in [2.45, 2.75) is 57.6 Å². The topological polar surface area (TPSA) is 61.8 Å². The van der Waals surface area contributed by atoms with Gasteiger partial charge in [-0.25, -0.2) is 4.79 Å². The third-order valence-electron chi connectivity index (χ3n) is 5.83. The van der Waals surface area contributed by atoms with Gasteiger partial charge in [-0.1, -0.05) is 25.4 Å². The average Bonchev–Trinajstić information content (AvgIpc) is 3.47. The SMILES string of the molecule is COc1ccc(Cl)cc1C(CC(C)C)NC(=O)N1CCC(O)(C2CC2)CC1. The molecule has 1 unspecified atom stereocenters. The Bertz CT molecular complexity index is 667. The van der Waals surface area contributed by atoms with E-state index < -0.39 is 5.60 Å². The number of nitrogens with one attached hydrogen (secondary N) is 1. The second-order valence-electron chi connectivity index (χ2n) is 8.38. The van der Waals surface area contributed by atoms with Crippen molar-refractivity contribution < 1.29 is 14.6 Å². The molecule has 0 radical (unpaired) electrons. The van der Waals surface area contributed by atoms with Crippen LogP contribution in [0.15, 0.2) is 18.2 Å². The number of carbonyl (C=O) groups is 1. The molecule has 1 saturated carbocycles. The number of amides is 2. The molecular formula is C21H31ClN2O3. The van der Waals surface area contributed by atoms with Crippen LogP contribution in [0.1, 0.15) is 57.6 Å². The van der Waals surface area contributed by atoms with E-state index in [0.29, 0.717) is 42.8 Å². The number of piperidine rings is 1. The first-order chi connectivity index (χ1) is 12.8. The summed E-state index contributed by atoms with van der Waals surface area (Å²) in [6.45, 7) is 5.46. The minimum absolute atomic E-state index is 0.0828. The Kier molecular flexibility index (Phi) is 6.21. The molecule has 2 aliphatic rings. The van der Waals surface area contributed by atoms with Crippen molar-refractivity contribution in [2.75, 3.05) is 20.2 Å². The summed E-state index contributed by atoms with van der Waals surface area (Å²) in [5, 5.41) is 14.5. The largest absolute Gasteiger partial charge is 0.496 e. The van der Waals surface area contributed by atoms with Gasteiger partial charge in [-0.15, -0.1) is 0 Å². The standard InChI is InChI=1S/C21H31ClN2O3/c1-14(2)12-18(17-13-16(22)6-7-19(17)27-3)23-20(25)24-10-8-21(26,9-11-24)15-4-5-15/h6-7,13-15,18,26H,4-5,8-12H2,1-3H3,(H,23,25). The number of rotatable bonds is 6. The van der Waals surface area contributed by atoms with Crippen molar-refractivity contribution in [3.05, 3.63) is 28.8 Å². The van der Waals surface area contributed by atoms with Gasteiger partial charge in [-0.3, -0.25) is 0 Å². The molecule has 0 bridgehead atoms. The summed E-state index contributed by atoms with van der Waals surface area (Å²) in [7, 11) is 1.63. The number of likely N-dealkylation sites (tertiary alicyclic amines) is 1. The monoisotopic (exact) mass is 394 g/mol. The van der Waals surface area contributed by atoms with Crippen LogP contribution in [0, 0.1) is 11.8 Å². The van der Waals surface area contributed by atoms with Gasteiger partial charge in [0.05, 0.1) is 18.8 Å². The fraction of sp³-hybridized carbons (Fsp3) is 0.667. The van der Waals surface area contributed by atoms with Gasteiger partial charge in [-0.2, -0.15) is 0 Å². The smallest absolute Gasteiger partial charge is 0.317 e. The Morgan fingerprint density at radius 3 is 2.59 bits per heavy atom. The molecule has 6 heteroatoms. The van der Waals surface area contributed by atoms with Gasteiger partial charge in [0.25, 0.3) is 0 Å². The molecule has 0 aromatic heterocycles. The quantitative estimate of drug-likeness (QED) is 0.752. The Morgan fingerprint density at radius 2 is 2.04 bits per heavy atom. The van der Waals surface area contributed by atoms with Crippen molar-refractivity contribution in [3.63, 3.8) is 0 Å². The van der Waals surface area contributed by atoms with E-state index in [4.69, 9.17) is 16.3 Å². The lowest BCUT2D eigenvalue weighted by Gasteiger charge is -2.39. The summed E-state index contributed by atoms with van der Waals surface area (Å²) < 4.78 is 5.49. The molecule has 2 amide bonds. The van der Waals surface area contributed by atoms with E-state index in [1.54, 1.807) is 13.2 Å². The summed E-state index contributed by atoms with van der Waals surface area (Å²) in [5.74, 6) is 1.57. The predicted octanol–water partition coefficient (Wildman–Crippen LogP) is 4.38. The lowest BCUT2D eigenvalue weighted by atomic mass is 9.87. The fourth-order valence-electron chi connectivity index (χ4n) is 4.08. The molecule has 2 N–H and O–H groups in total. The summed E-state index contributed by atoms with van der Waals surface area (Å²) >= 11 is 6.20. The average molecular weight is 395 g/mol. The van der Waals surface area contributed by atoms with Crippen molar-refractivity contribution in [1.29, 1.82) is 0 Å². The van der Waals surface area contributed by atoms with E-state index in [0.717, 1.165) is 30.6 Å². The van der Waals surface area contributed by atoms with E-state index in [2.05, 4.69) is 19.2 Å². The molecule has 27 heavy (non-hydrogen) atoms. The molecule has 1 aromatic rings. The van der Waals surface area contributed by atoms with E-state index in [9.17, 15) is 9.90 Å². The highest BCUT2D eigenvalue weighted by molar-refractivity contribution is 6.30. The third kappa shape index (κ3) is 4.88. The van der Waals surface area contributed by atoms with Crippen LogP contribution in [-0.4, -0.2) is 41.8 Å². The van der Waals surface area contributed by atoms with Gasteiger partial charge < -0.3 is 20.1 Å². The highest BCUT2D eigenvalue weighted by atomic mass is 35.5. The maximum absolute atomic E-state index is 12.9. The van der Waals surface area contributed by atoms with Crippen LogP contribution in [0.5, 0.6) is 5.75 Å². The van der Waals surface area contributed by atoms with Crippen LogP contribution in [0.2, 0.25) is 5.02 Å². The fourth-order valence-corrected chi connectivity index (χ4v) is 4.26. The third-order valence-corrected chi connectivity index (χ3v) is 6.06. The minimum Gasteiger partial charge on any atom is -0.496 e. The number of benzene rings is 1. The zero-order valence-electron chi connectivity index (χ0n) is 16.5. The maximum Gasteiger partial charge on any atom is 0.317 e. The molecule has 2 fully saturated rings. The van der Waals surface area contributed by atoms with Crippen molar-refractivity contribution in [3.8, 4) is 5.75 Å². The van der Waals surface area contributed by atoms with Crippen LogP contribution in [0.4, 0.5) is 4.79 Å². The Hall–Kier alpha value is -1.46. The molecule has 1 heterocycles. The van der Waals surface area contributed by atoms with Gasteiger partial charge in [0, 0.05) is 23.7 Å². The molecule has 1 saturated heterocycles. The van der Waals surface area contributed by atoms with Gasteiger partial charge in [0.1, 0.15) is 5.75 Å². The number of methoxy groups -OCH3 is 1. The predicted molar refractivity (Wildman–Crippen MR) is 107 cm³/mol. The van der Waals surface area contributed by atoms with E-state index in [1.807, 2.05) is 17.0 Å². The van der Waals surface area contributed by atoms with Crippen molar-refractivity contribution in [1.82, 2.24) is 10.2 Å². The van der Waals surface area contributed by atoms with Crippen LogP contribution >= 0.6 is 11.6 Å². The normalized spacial score (nSPS) is 20.4. The highest BCUT2D eigenvalue weighted by Gasteiger charge is 2.46. The first-order valence-electron chi connectivity index (χ1n) is 9.93. The van der Waals surface area contributed by atoms with E-state index in [-0.39, 0.29) is 12.1 Å². The molecular weight excluding hydrogens is 364 g/mol. The molecule has 1 aromatic carbocycles. The molecule has 5 nitrogen and oxygen atoms in total. The number of nitrogens with zero attached hydrogens (tertiary/aromatic N) is 1. The van der Waals surface area contributed by atoms with Crippen LogP contribution in [0.25, 0.3) is 0 Å². The Morgan fingerprint density at radius 1 is 1.37 bits per heavy atom. The summed E-state index contributed by atoms with van der Waals surface area (Å²) in [6, 6.07) is 5.25. The minimum atomic E-state index is -0.565. The number of carbonyl (C=O) groups excluding carboxylic acids is 1. The van der Waals surface area contributed by atoms with Gasteiger partial charge in [0.15, 0.2) is 0 Å². The van der Waals surface area contributed by atoms with Gasteiger partial charge in [0.2, 0.25) is 0 Å². The van der Waals surface area contributed by atoms with E-state index >= 15 is 0 Å². The van der Waals surface area contributed by atoms with Gasteiger partial charge >= 0.3 is 6.03 Å². The van der Waals surface area contributed by atoms with Crippen LogP contribution < -0.4 is 10.1 Å². The van der Waals surface area contributed by atoms with Crippen LogP contribution in [0.3, 0.4) is 0 Å². The Labute approximate surface area is 167 Å². The van der Waals surface area contributed by atoms with E-state index in [1.165, 1.54) is 0 Å². The number of aliphatic hydroxyl groups is 1. The molecule has 0 spiro atoms. The molecule has 3 rings (SSSR count). The number of urea groups is 1. The number of hydrogen-bond acceptors (Lipinski definition) is 3.